The van der Waals surface area contributed by atoms with E-state index in [-0.39, 0.29) is 24.3 Å². The quantitative estimate of drug-likeness (QED) is 0.681. The van der Waals surface area contributed by atoms with E-state index in [1.165, 1.54) is 24.3 Å². The summed E-state index contributed by atoms with van der Waals surface area (Å²) >= 11 is 1.43. The number of amides is 1. The summed E-state index contributed by atoms with van der Waals surface area (Å²) in [7, 11) is 0. The minimum Gasteiger partial charge on any atom is -0.347 e. The second kappa shape index (κ2) is 8.37. The summed E-state index contributed by atoms with van der Waals surface area (Å²) in [6.45, 7) is 3.62. The second-order valence-corrected chi connectivity index (χ2v) is 7.41. The van der Waals surface area contributed by atoms with Gasteiger partial charge in [0.25, 0.3) is 0 Å². The molecule has 5 nitrogen and oxygen atoms in total. The van der Waals surface area contributed by atoms with Crippen LogP contribution in [-0.2, 0) is 17.8 Å². The van der Waals surface area contributed by atoms with Gasteiger partial charge in [-0.3, -0.25) is 4.79 Å². The average Bonchev–Trinajstić information content (AvgIpc) is 3.11. The summed E-state index contributed by atoms with van der Waals surface area (Å²) in [5.41, 5.74) is 8.86. The molecule has 0 saturated carbocycles. The highest BCUT2D eigenvalue weighted by Crippen LogP contribution is 2.29. The number of carbonyl (C=O) groups excluding carboxylic acids is 1. The predicted molar refractivity (Wildman–Crippen MR) is 105 cm³/mol. The van der Waals surface area contributed by atoms with E-state index < -0.39 is 0 Å². The first-order valence-corrected chi connectivity index (χ1v) is 9.43. The van der Waals surface area contributed by atoms with Gasteiger partial charge >= 0.3 is 0 Å². The van der Waals surface area contributed by atoms with Crippen LogP contribution < -0.4 is 11.1 Å². The van der Waals surface area contributed by atoms with Crippen LogP contribution in [0, 0.1) is 12.7 Å². The number of hydrogen-bond acceptors (Lipinski definition) is 5. The third-order valence-electron chi connectivity index (χ3n) is 4.16. The van der Waals surface area contributed by atoms with E-state index in [4.69, 9.17) is 5.73 Å². The zero-order chi connectivity index (χ0) is 19.4. The molecule has 1 heterocycles. The van der Waals surface area contributed by atoms with Crippen molar-refractivity contribution < 1.29 is 9.18 Å². The molecule has 0 bridgehead atoms. The van der Waals surface area contributed by atoms with E-state index in [1.807, 2.05) is 37.3 Å². The molecule has 0 aliphatic rings. The van der Waals surface area contributed by atoms with Crippen molar-refractivity contribution in [1.29, 1.82) is 0 Å². The SMILES string of the molecule is CC(=O)N[C@@H](Cc1ccc(CN)c(F)c1)c1nnc(-c2cccc(C)c2)s1. The minimum absolute atomic E-state index is 0.150. The van der Waals surface area contributed by atoms with Gasteiger partial charge in [-0.2, -0.15) is 0 Å². The molecule has 0 saturated heterocycles. The lowest BCUT2D eigenvalue weighted by Crippen LogP contribution is -2.27. The molecule has 140 valence electrons. The highest BCUT2D eigenvalue weighted by Gasteiger charge is 2.20. The molecule has 0 aliphatic carbocycles. The second-order valence-electron chi connectivity index (χ2n) is 6.40. The summed E-state index contributed by atoms with van der Waals surface area (Å²) in [5.74, 6) is -0.513. The number of nitrogens with two attached hydrogens (primary N) is 1. The lowest BCUT2D eigenvalue weighted by molar-refractivity contribution is -0.119. The van der Waals surface area contributed by atoms with Crippen LogP contribution in [0.3, 0.4) is 0 Å². The fraction of sp³-hybridized carbons (Fsp3) is 0.250. The first-order chi connectivity index (χ1) is 13.0. The molecule has 3 rings (SSSR count). The Morgan fingerprint density at radius 1 is 1.26 bits per heavy atom. The number of halogens is 1. The Balaban J connectivity index is 1.87. The average molecular weight is 384 g/mol. The summed E-state index contributed by atoms with van der Waals surface area (Å²) in [6.07, 6.45) is 0.420. The van der Waals surface area contributed by atoms with E-state index in [0.29, 0.717) is 17.0 Å². The summed E-state index contributed by atoms with van der Waals surface area (Å²) in [5, 5.41) is 12.9. The minimum atomic E-state index is -0.373. The Bertz CT molecular complexity index is 957. The number of carbonyl (C=O) groups is 1. The summed E-state index contributed by atoms with van der Waals surface area (Å²) in [6, 6.07) is 12.6. The number of hydrogen-bond donors (Lipinski definition) is 2. The number of rotatable bonds is 6. The first-order valence-electron chi connectivity index (χ1n) is 8.61. The molecule has 0 unspecified atom stereocenters. The van der Waals surface area contributed by atoms with Gasteiger partial charge in [0, 0.05) is 24.6 Å². The first kappa shape index (κ1) is 19.1. The van der Waals surface area contributed by atoms with Crippen molar-refractivity contribution >= 4 is 17.2 Å². The van der Waals surface area contributed by atoms with Crippen LogP contribution >= 0.6 is 11.3 Å². The summed E-state index contributed by atoms with van der Waals surface area (Å²) in [4.78, 5) is 11.7. The lowest BCUT2D eigenvalue weighted by atomic mass is 10.0. The van der Waals surface area contributed by atoms with Crippen molar-refractivity contribution in [3.8, 4) is 10.6 Å². The molecule has 0 aliphatic heterocycles. The topological polar surface area (TPSA) is 80.9 Å². The molecular formula is C20H21FN4OS. The Hall–Kier alpha value is -2.64. The van der Waals surface area contributed by atoms with Crippen LogP contribution in [0.5, 0.6) is 0 Å². The largest absolute Gasteiger partial charge is 0.347 e. The molecule has 0 radical (unpaired) electrons. The molecule has 0 spiro atoms. The smallest absolute Gasteiger partial charge is 0.217 e. The highest BCUT2D eigenvalue weighted by molar-refractivity contribution is 7.14. The predicted octanol–water partition coefficient (Wildman–Crippen LogP) is 3.53. The van der Waals surface area contributed by atoms with Gasteiger partial charge in [0.15, 0.2) is 0 Å². The van der Waals surface area contributed by atoms with Gasteiger partial charge in [-0.1, -0.05) is 47.2 Å². The molecule has 1 atom stereocenters. The van der Waals surface area contributed by atoms with Crippen molar-refractivity contribution in [2.24, 2.45) is 5.73 Å². The molecule has 3 aromatic rings. The maximum absolute atomic E-state index is 14.0. The number of aryl methyl sites for hydroxylation is 1. The van der Waals surface area contributed by atoms with Crippen molar-refractivity contribution in [2.75, 3.05) is 0 Å². The monoisotopic (exact) mass is 384 g/mol. The van der Waals surface area contributed by atoms with Gasteiger partial charge in [0.1, 0.15) is 15.8 Å². The number of nitrogens with zero attached hydrogens (tertiary/aromatic N) is 2. The zero-order valence-corrected chi connectivity index (χ0v) is 16.0. The van der Waals surface area contributed by atoms with E-state index in [0.717, 1.165) is 21.7 Å². The molecule has 3 N–H and O–H groups in total. The van der Waals surface area contributed by atoms with Crippen LogP contribution in [0.25, 0.3) is 10.6 Å². The van der Waals surface area contributed by atoms with E-state index in [1.54, 1.807) is 6.07 Å². The third-order valence-corrected chi connectivity index (χ3v) is 5.24. The fourth-order valence-electron chi connectivity index (χ4n) is 2.83. The van der Waals surface area contributed by atoms with Crippen molar-refractivity contribution in [1.82, 2.24) is 15.5 Å². The van der Waals surface area contributed by atoms with Crippen LogP contribution in [-0.4, -0.2) is 16.1 Å². The molecule has 27 heavy (non-hydrogen) atoms. The van der Waals surface area contributed by atoms with Gasteiger partial charge in [-0.15, -0.1) is 10.2 Å². The number of aromatic nitrogens is 2. The number of nitrogens with one attached hydrogen (secondary N) is 1. The van der Waals surface area contributed by atoms with Crippen LogP contribution in [0.1, 0.15) is 34.7 Å². The van der Waals surface area contributed by atoms with E-state index in [9.17, 15) is 9.18 Å². The Morgan fingerprint density at radius 2 is 2.07 bits per heavy atom. The standard InChI is InChI=1S/C20H21FN4OS/c1-12-4-3-5-15(8-12)19-24-25-20(27-19)18(23-13(2)26)10-14-6-7-16(11-22)17(21)9-14/h3-9,18H,10-11,22H2,1-2H3,(H,23,26)/t18-/m0/s1. The Morgan fingerprint density at radius 3 is 2.74 bits per heavy atom. The Kier molecular flexibility index (Phi) is 5.93. The van der Waals surface area contributed by atoms with Gasteiger partial charge in [-0.25, -0.2) is 4.39 Å². The van der Waals surface area contributed by atoms with Gasteiger partial charge in [0.2, 0.25) is 5.91 Å². The molecule has 1 amide bonds. The van der Waals surface area contributed by atoms with Gasteiger partial charge < -0.3 is 11.1 Å². The van der Waals surface area contributed by atoms with E-state index in [2.05, 4.69) is 15.5 Å². The number of benzene rings is 2. The maximum Gasteiger partial charge on any atom is 0.217 e. The molecule has 7 heteroatoms. The third kappa shape index (κ3) is 4.75. The van der Waals surface area contributed by atoms with Crippen LogP contribution in [0.2, 0.25) is 0 Å². The van der Waals surface area contributed by atoms with Crippen molar-refractivity contribution in [3.63, 3.8) is 0 Å². The van der Waals surface area contributed by atoms with Crippen LogP contribution in [0.4, 0.5) is 4.39 Å². The molecule has 0 fully saturated rings. The summed E-state index contributed by atoms with van der Waals surface area (Å²) < 4.78 is 14.0. The Labute approximate surface area is 161 Å². The molecule has 1 aromatic heterocycles. The van der Waals surface area contributed by atoms with Crippen LogP contribution in [0.15, 0.2) is 42.5 Å². The molecule has 2 aromatic carbocycles. The van der Waals surface area contributed by atoms with Gasteiger partial charge in [-0.05, 0) is 31.0 Å². The van der Waals surface area contributed by atoms with Crippen molar-refractivity contribution in [2.45, 2.75) is 32.9 Å². The van der Waals surface area contributed by atoms with Gasteiger partial charge in [0.05, 0.1) is 6.04 Å². The molecular weight excluding hydrogens is 363 g/mol. The maximum atomic E-state index is 14.0. The highest BCUT2D eigenvalue weighted by atomic mass is 32.1. The van der Waals surface area contributed by atoms with Crippen molar-refractivity contribution in [3.05, 3.63) is 70.0 Å². The van der Waals surface area contributed by atoms with E-state index >= 15 is 0 Å². The fourth-order valence-corrected chi connectivity index (χ4v) is 3.73. The lowest BCUT2D eigenvalue weighted by Gasteiger charge is -2.15. The normalized spacial score (nSPS) is 12.0. The zero-order valence-electron chi connectivity index (χ0n) is 15.2.